The Morgan fingerprint density at radius 3 is 2.42 bits per heavy atom. The van der Waals surface area contributed by atoms with Gasteiger partial charge < -0.3 is 10.6 Å². The third kappa shape index (κ3) is 2.19. The molecule has 0 bridgehead atoms. The van der Waals surface area contributed by atoms with Crippen LogP contribution in [0.5, 0.6) is 0 Å². The van der Waals surface area contributed by atoms with E-state index in [2.05, 4.69) is 0 Å². The molecule has 0 atom stereocenters. The van der Waals surface area contributed by atoms with Crippen molar-refractivity contribution < 1.29 is 4.84 Å². The molecule has 0 spiro atoms. The van der Waals surface area contributed by atoms with E-state index < -0.39 is 0 Å². The van der Waals surface area contributed by atoms with Gasteiger partial charge in [-0.15, -0.1) is 0 Å². The standard InChI is InChI=1S/C9H20N2O/c1-11(12-2)8-9(7-10)5-3-4-6-9/h3-8,10H2,1-2H3. The molecule has 0 saturated heterocycles. The summed E-state index contributed by atoms with van der Waals surface area (Å²) in [6.45, 7) is 1.76. The second kappa shape index (κ2) is 4.21. The number of nitrogens with zero attached hydrogens (tertiary/aromatic N) is 1. The summed E-state index contributed by atoms with van der Waals surface area (Å²) in [5.74, 6) is 0. The minimum Gasteiger partial charge on any atom is -0.330 e. The molecule has 1 aliphatic carbocycles. The van der Waals surface area contributed by atoms with E-state index in [9.17, 15) is 0 Å². The lowest BCUT2D eigenvalue weighted by molar-refractivity contribution is -0.130. The number of hydrogen-bond acceptors (Lipinski definition) is 3. The van der Waals surface area contributed by atoms with E-state index in [0.29, 0.717) is 5.41 Å². The quantitative estimate of drug-likeness (QED) is 0.643. The summed E-state index contributed by atoms with van der Waals surface area (Å²) < 4.78 is 0. The average molecular weight is 172 g/mol. The molecule has 1 rings (SSSR count). The molecule has 3 heteroatoms. The van der Waals surface area contributed by atoms with Crippen LogP contribution >= 0.6 is 0 Å². The van der Waals surface area contributed by atoms with Crippen molar-refractivity contribution >= 4 is 0 Å². The molecule has 0 unspecified atom stereocenters. The second-order valence-electron chi connectivity index (χ2n) is 3.88. The van der Waals surface area contributed by atoms with E-state index in [1.807, 2.05) is 12.1 Å². The number of rotatable bonds is 4. The fraction of sp³-hybridized carbons (Fsp3) is 1.00. The van der Waals surface area contributed by atoms with Gasteiger partial charge in [-0.3, -0.25) is 0 Å². The molecule has 0 aliphatic heterocycles. The Morgan fingerprint density at radius 1 is 1.42 bits per heavy atom. The first-order chi connectivity index (χ1) is 5.72. The maximum Gasteiger partial charge on any atom is 0.0575 e. The molecule has 0 aromatic heterocycles. The molecule has 3 nitrogen and oxygen atoms in total. The number of hydrogen-bond donors (Lipinski definition) is 1. The first-order valence-electron chi connectivity index (χ1n) is 4.68. The van der Waals surface area contributed by atoms with Gasteiger partial charge in [-0.1, -0.05) is 12.8 Å². The van der Waals surface area contributed by atoms with Crippen LogP contribution in [0.3, 0.4) is 0 Å². The predicted molar refractivity (Wildman–Crippen MR) is 49.6 cm³/mol. The van der Waals surface area contributed by atoms with Crippen molar-refractivity contribution in [3.8, 4) is 0 Å². The highest BCUT2D eigenvalue weighted by Gasteiger charge is 2.33. The van der Waals surface area contributed by atoms with Gasteiger partial charge in [0.25, 0.3) is 0 Å². The van der Waals surface area contributed by atoms with E-state index in [1.165, 1.54) is 25.7 Å². The average Bonchev–Trinajstić information content (AvgIpc) is 2.54. The van der Waals surface area contributed by atoms with Gasteiger partial charge in [-0.05, 0) is 24.8 Å². The SMILES string of the molecule is CON(C)CC1(CN)CCCC1. The minimum absolute atomic E-state index is 0.338. The Balaban J connectivity index is 2.43. The first kappa shape index (κ1) is 9.96. The van der Waals surface area contributed by atoms with Gasteiger partial charge in [-0.2, -0.15) is 5.06 Å². The topological polar surface area (TPSA) is 38.5 Å². The molecule has 72 valence electrons. The Kier molecular flexibility index (Phi) is 3.50. The first-order valence-corrected chi connectivity index (χ1v) is 4.68. The number of nitrogens with two attached hydrogens (primary N) is 1. The smallest absolute Gasteiger partial charge is 0.0575 e. The predicted octanol–water partition coefficient (Wildman–Crippen LogP) is 0.999. The summed E-state index contributed by atoms with van der Waals surface area (Å²) in [5.41, 5.74) is 6.13. The molecule has 12 heavy (non-hydrogen) atoms. The largest absolute Gasteiger partial charge is 0.330 e. The molecular formula is C9H20N2O. The molecule has 2 N–H and O–H groups in total. The van der Waals surface area contributed by atoms with E-state index in [0.717, 1.165) is 13.1 Å². The molecule has 0 radical (unpaired) electrons. The third-order valence-corrected chi connectivity index (χ3v) is 2.97. The lowest BCUT2D eigenvalue weighted by Gasteiger charge is -2.30. The number of hydroxylamine groups is 2. The Hall–Kier alpha value is -0.120. The van der Waals surface area contributed by atoms with Crippen molar-refractivity contribution in [1.82, 2.24) is 5.06 Å². The summed E-state index contributed by atoms with van der Waals surface area (Å²) in [4.78, 5) is 5.12. The van der Waals surface area contributed by atoms with Crippen LogP contribution in [0.4, 0.5) is 0 Å². The molecule has 0 aromatic carbocycles. The van der Waals surface area contributed by atoms with Crippen LogP contribution in [-0.2, 0) is 4.84 Å². The van der Waals surface area contributed by atoms with Crippen LogP contribution in [0, 0.1) is 5.41 Å². The van der Waals surface area contributed by atoms with E-state index >= 15 is 0 Å². The Bertz CT molecular complexity index is 132. The second-order valence-corrected chi connectivity index (χ2v) is 3.88. The fourth-order valence-corrected chi connectivity index (χ4v) is 2.09. The highest BCUT2D eigenvalue weighted by Crippen LogP contribution is 2.37. The van der Waals surface area contributed by atoms with Crippen LogP contribution in [0.2, 0.25) is 0 Å². The maximum atomic E-state index is 5.79. The van der Waals surface area contributed by atoms with Gasteiger partial charge in [0.05, 0.1) is 7.11 Å². The molecule has 0 heterocycles. The molecular weight excluding hydrogens is 152 g/mol. The van der Waals surface area contributed by atoms with Crippen LogP contribution in [0.25, 0.3) is 0 Å². The van der Waals surface area contributed by atoms with Crippen LogP contribution in [0.1, 0.15) is 25.7 Å². The van der Waals surface area contributed by atoms with E-state index in [1.54, 1.807) is 7.11 Å². The lowest BCUT2D eigenvalue weighted by Crippen LogP contribution is -2.38. The zero-order chi connectivity index (χ0) is 9.03. The van der Waals surface area contributed by atoms with Crippen molar-refractivity contribution in [1.29, 1.82) is 0 Å². The van der Waals surface area contributed by atoms with Crippen molar-refractivity contribution in [3.05, 3.63) is 0 Å². The van der Waals surface area contributed by atoms with E-state index in [4.69, 9.17) is 10.6 Å². The Morgan fingerprint density at radius 2 is 2.00 bits per heavy atom. The van der Waals surface area contributed by atoms with Crippen LogP contribution in [-0.4, -0.2) is 32.3 Å². The maximum absolute atomic E-state index is 5.79. The van der Waals surface area contributed by atoms with Gasteiger partial charge >= 0.3 is 0 Å². The third-order valence-electron chi connectivity index (χ3n) is 2.97. The fourth-order valence-electron chi connectivity index (χ4n) is 2.09. The zero-order valence-electron chi connectivity index (χ0n) is 8.18. The van der Waals surface area contributed by atoms with Gasteiger partial charge in [-0.25, -0.2) is 0 Å². The lowest BCUT2D eigenvalue weighted by atomic mass is 9.86. The van der Waals surface area contributed by atoms with Gasteiger partial charge in [0.1, 0.15) is 0 Å². The summed E-state index contributed by atoms with van der Waals surface area (Å²) in [7, 11) is 3.68. The summed E-state index contributed by atoms with van der Waals surface area (Å²) >= 11 is 0. The highest BCUT2D eigenvalue weighted by molar-refractivity contribution is 4.86. The molecule has 0 amide bonds. The Labute approximate surface area is 74.8 Å². The van der Waals surface area contributed by atoms with Crippen LogP contribution in [0.15, 0.2) is 0 Å². The van der Waals surface area contributed by atoms with Gasteiger partial charge in [0.2, 0.25) is 0 Å². The highest BCUT2D eigenvalue weighted by atomic mass is 16.7. The normalized spacial score (nSPS) is 22.0. The summed E-state index contributed by atoms with van der Waals surface area (Å²) in [5, 5.41) is 1.89. The molecule has 1 saturated carbocycles. The van der Waals surface area contributed by atoms with E-state index in [-0.39, 0.29) is 0 Å². The molecule has 1 aliphatic rings. The van der Waals surface area contributed by atoms with Crippen molar-refractivity contribution in [2.45, 2.75) is 25.7 Å². The van der Waals surface area contributed by atoms with Gasteiger partial charge in [0.15, 0.2) is 0 Å². The van der Waals surface area contributed by atoms with Crippen molar-refractivity contribution in [2.75, 3.05) is 27.2 Å². The molecule has 0 aromatic rings. The molecule has 1 fully saturated rings. The monoisotopic (exact) mass is 172 g/mol. The zero-order valence-corrected chi connectivity index (χ0v) is 8.18. The van der Waals surface area contributed by atoms with Crippen molar-refractivity contribution in [2.24, 2.45) is 11.1 Å². The van der Waals surface area contributed by atoms with Crippen molar-refractivity contribution in [3.63, 3.8) is 0 Å². The van der Waals surface area contributed by atoms with Crippen LogP contribution < -0.4 is 5.73 Å². The van der Waals surface area contributed by atoms with Gasteiger partial charge in [0, 0.05) is 13.6 Å². The summed E-state index contributed by atoms with van der Waals surface area (Å²) in [6.07, 6.45) is 5.18. The minimum atomic E-state index is 0.338. The summed E-state index contributed by atoms with van der Waals surface area (Å²) in [6, 6.07) is 0.